The molecule has 0 radical (unpaired) electrons. The zero-order valence-corrected chi connectivity index (χ0v) is 9.11. The zero-order valence-electron chi connectivity index (χ0n) is 9.11. The van der Waals surface area contributed by atoms with E-state index in [0.717, 1.165) is 5.56 Å². The summed E-state index contributed by atoms with van der Waals surface area (Å²) in [5, 5.41) is 9.29. The van der Waals surface area contributed by atoms with Gasteiger partial charge in [0.2, 0.25) is 0 Å². The van der Waals surface area contributed by atoms with E-state index in [1.54, 1.807) is 13.2 Å². The third kappa shape index (κ3) is 3.29. The number of aliphatic hydroxyl groups excluding tert-OH is 1. The summed E-state index contributed by atoms with van der Waals surface area (Å²) in [6, 6.07) is 6.36. The molecule has 0 aliphatic heterocycles. The predicted molar refractivity (Wildman–Crippen MR) is 57.3 cm³/mol. The number of methoxy groups -OCH3 is 1. The molecule has 1 aromatic carbocycles. The van der Waals surface area contributed by atoms with E-state index in [-0.39, 0.29) is 24.3 Å². The predicted octanol–water partition coefficient (Wildman–Crippen LogP) is 2.18. The van der Waals surface area contributed by atoms with Crippen LogP contribution >= 0.6 is 0 Å². The first kappa shape index (κ1) is 12.1. The molecular weight excluding hydrogens is 195 g/mol. The lowest BCUT2D eigenvalue weighted by molar-refractivity contribution is 0.125. The second kappa shape index (κ2) is 5.83. The fraction of sp³-hybridized carbons (Fsp3) is 0.500. The van der Waals surface area contributed by atoms with E-state index >= 15 is 0 Å². The lowest BCUT2D eigenvalue weighted by Crippen LogP contribution is -2.18. The highest BCUT2D eigenvalue weighted by Gasteiger charge is 2.18. The number of halogens is 1. The number of rotatable bonds is 5. The van der Waals surface area contributed by atoms with Gasteiger partial charge in [-0.25, -0.2) is 4.39 Å². The van der Waals surface area contributed by atoms with Crippen molar-refractivity contribution in [1.29, 1.82) is 0 Å². The molecule has 1 rings (SSSR count). The highest BCUT2D eigenvalue weighted by atomic mass is 19.1. The molecule has 0 spiro atoms. The first-order valence-electron chi connectivity index (χ1n) is 5.04. The first-order chi connectivity index (χ1) is 7.19. The Hall–Kier alpha value is -0.930. The molecular formula is C12H17FO2. The number of benzene rings is 1. The molecule has 1 N–H and O–H groups in total. The molecule has 0 saturated heterocycles. The van der Waals surface area contributed by atoms with E-state index in [1.165, 1.54) is 12.1 Å². The quantitative estimate of drug-likeness (QED) is 0.810. The fourth-order valence-corrected chi connectivity index (χ4v) is 1.73. The van der Waals surface area contributed by atoms with Crippen LogP contribution in [0.25, 0.3) is 0 Å². The summed E-state index contributed by atoms with van der Waals surface area (Å²) < 4.78 is 18.0. The summed E-state index contributed by atoms with van der Waals surface area (Å²) in [7, 11) is 1.62. The van der Waals surface area contributed by atoms with Crippen molar-refractivity contribution in [1.82, 2.24) is 0 Å². The third-order valence-electron chi connectivity index (χ3n) is 2.59. The largest absolute Gasteiger partial charge is 0.396 e. The Kier molecular flexibility index (Phi) is 4.72. The standard InChI is InChI=1S/C12H17FO2/c1-9(8-15-2)12(7-14)10-4-3-5-11(13)6-10/h3-6,9,12,14H,7-8H2,1-2H3. The van der Waals surface area contributed by atoms with E-state index < -0.39 is 0 Å². The molecule has 3 heteroatoms. The van der Waals surface area contributed by atoms with E-state index in [9.17, 15) is 9.50 Å². The minimum Gasteiger partial charge on any atom is -0.396 e. The average molecular weight is 212 g/mol. The highest BCUT2D eigenvalue weighted by molar-refractivity contribution is 5.21. The van der Waals surface area contributed by atoms with Gasteiger partial charge >= 0.3 is 0 Å². The molecule has 0 heterocycles. The van der Waals surface area contributed by atoms with Crippen LogP contribution in [0.5, 0.6) is 0 Å². The van der Waals surface area contributed by atoms with Crippen LogP contribution in [-0.2, 0) is 4.74 Å². The van der Waals surface area contributed by atoms with Crippen molar-refractivity contribution in [2.24, 2.45) is 5.92 Å². The van der Waals surface area contributed by atoms with Crippen LogP contribution in [0.2, 0.25) is 0 Å². The summed E-state index contributed by atoms with van der Waals surface area (Å²) >= 11 is 0. The monoisotopic (exact) mass is 212 g/mol. The van der Waals surface area contributed by atoms with Crippen molar-refractivity contribution >= 4 is 0 Å². The molecule has 2 atom stereocenters. The molecule has 15 heavy (non-hydrogen) atoms. The van der Waals surface area contributed by atoms with Gasteiger partial charge in [-0.3, -0.25) is 0 Å². The summed E-state index contributed by atoms with van der Waals surface area (Å²) in [5.41, 5.74) is 0.821. The van der Waals surface area contributed by atoms with Gasteiger partial charge in [0, 0.05) is 19.6 Å². The summed E-state index contributed by atoms with van der Waals surface area (Å²) in [6.07, 6.45) is 0. The molecule has 0 bridgehead atoms. The van der Waals surface area contributed by atoms with Crippen molar-refractivity contribution in [3.05, 3.63) is 35.6 Å². The Morgan fingerprint density at radius 3 is 2.73 bits per heavy atom. The Morgan fingerprint density at radius 2 is 2.20 bits per heavy atom. The molecule has 0 fully saturated rings. The SMILES string of the molecule is COCC(C)C(CO)c1cccc(F)c1. The van der Waals surface area contributed by atoms with Crippen molar-refractivity contribution < 1.29 is 14.2 Å². The molecule has 2 unspecified atom stereocenters. The molecule has 0 aliphatic carbocycles. The molecule has 84 valence electrons. The lowest BCUT2D eigenvalue weighted by Gasteiger charge is -2.21. The smallest absolute Gasteiger partial charge is 0.123 e. The summed E-state index contributed by atoms with van der Waals surface area (Å²) in [6.45, 7) is 2.55. The van der Waals surface area contributed by atoms with E-state index in [0.29, 0.717) is 6.61 Å². The van der Waals surface area contributed by atoms with Gasteiger partial charge in [0.25, 0.3) is 0 Å². The Bertz CT molecular complexity index is 301. The van der Waals surface area contributed by atoms with Crippen LogP contribution in [0, 0.1) is 11.7 Å². The average Bonchev–Trinajstić information content (AvgIpc) is 2.19. The van der Waals surface area contributed by atoms with Gasteiger partial charge in [0.1, 0.15) is 5.82 Å². The minimum atomic E-state index is -0.268. The molecule has 0 amide bonds. The van der Waals surface area contributed by atoms with Gasteiger partial charge < -0.3 is 9.84 Å². The van der Waals surface area contributed by atoms with Crippen molar-refractivity contribution in [3.8, 4) is 0 Å². The first-order valence-corrected chi connectivity index (χ1v) is 5.04. The van der Waals surface area contributed by atoms with E-state index in [4.69, 9.17) is 4.74 Å². The Balaban J connectivity index is 2.82. The van der Waals surface area contributed by atoms with Crippen LogP contribution in [0.3, 0.4) is 0 Å². The minimum absolute atomic E-state index is 0.00792. The van der Waals surface area contributed by atoms with Crippen molar-refractivity contribution in [2.75, 3.05) is 20.3 Å². The van der Waals surface area contributed by atoms with Crippen molar-refractivity contribution in [3.63, 3.8) is 0 Å². The van der Waals surface area contributed by atoms with Gasteiger partial charge in [0.05, 0.1) is 6.61 Å². The maximum atomic E-state index is 13.0. The zero-order chi connectivity index (χ0) is 11.3. The lowest BCUT2D eigenvalue weighted by atomic mass is 9.88. The van der Waals surface area contributed by atoms with Gasteiger partial charge in [-0.15, -0.1) is 0 Å². The van der Waals surface area contributed by atoms with Gasteiger partial charge in [-0.05, 0) is 23.6 Å². The summed E-state index contributed by atoms with van der Waals surface area (Å²) in [4.78, 5) is 0. The third-order valence-corrected chi connectivity index (χ3v) is 2.59. The molecule has 0 aromatic heterocycles. The maximum Gasteiger partial charge on any atom is 0.123 e. The number of aliphatic hydroxyl groups is 1. The topological polar surface area (TPSA) is 29.5 Å². The van der Waals surface area contributed by atoms with Crippen LogP contribution in [0.4, 0.5) is 4.39 Å². The number of ether oxygens (including phenoxy) is 1. The van der Waals surface area contributed by atoms with Gasteiger partial charge in [-0.2, -0.15) is 0 Å². The molecule has 0 aliphatic rings. The number of hydrogen-bond donors (Lipinski definition) is 1. The van der Waals surface area contributed by atoms with Crippen LogP contribution in [0.15, 0.2) is 24.3 Å². The second-order valence-electron chi connectivity index (χ2n) is 3.78. The highest BCUT2D eigenvalue weighted by Crippen LogP contribution is 2.24. The Labute approximate surface area is 89.7 Å². The molecule has 0 saturated carbocycles. The molecule has 2 nitrogen and oxygen atoms in total. The number of hydrogen-bond acceptors (Lipinski definition) is 2. The van der Waals surface area contributed by atoms with Crippen LogP contribution in [-0.4, -0.2) is 25.4 Å². The van der Waals surface area contributed by atoms with E-state index in [2.05, 4.69) is 0 Å². The van der Waals surface area contributed by atoms with Crippen LogP contribution in [0.1, 0.15) is 18.4 Å². The Morgan fingerprint density at radius 1 is 1.47 bits per heavy atom. The van der Waals surface area contributed by atoms with Gasteiger partial charge in [0.15, 0.2) is 0 Å². The van der Waals surface area contributed by atoms with Gasteiger partial charge in [-0.1, -0.05) is 19.1 Å². The van der Waals surface area contributed by atoms with Crippen molar-refractivity contribution in [2.45, 2.75) is 12.8 Å². The molecule has 1 aromatic rings. The van der Waals surface area contributed by atoms with E-state index in [1.807, 2.05) is 13.0 Å². The van der Waals surface area contributed by atoms with Crippen LogP contribution < -0.4 is 0 Å². The fourth-order valence-electron chi connectivity index (χ4n) is 1.73. The second-order valence-corrected chi connectivity index (χ2v) is 3.78. The maximum absolute atomic E-state index is 13.0. The summed E-state index contributed by atoms with van der Waals surface area (Å²) in [5.74, 6) is -0.169. The normalized spacial score (nSPS) is 14.9.